The van der Waals surface area contributed by atoms with Crippen molar-refractivity contribution in [1.29, 1.82) is 0 Å². The van der Waals surface area contributed by atoms with Crippen LogP contribution in [0.5, 0.6) is 11.5 Å². The molecule has 0 amide bonds. The molecule has 28 heavy (non-hydrogen) atoms. The number of piperidine rings is 1. The summed E-state index contributed by atoms with van der Waals surface area (Å²) in [7, 11) is 0. The summed E-state index contributed by atoms with van der Waals surface area (Å²) in [5.74, 6) is 1.19. The van der Waals surface area contributed by atoms with Gasteiger partial charge in [0, 0.05) is 26.2 Å². The summed E-state index contributed by atoms with van der Waals surface area (Å²) in [6, 6.07) is 4.94. The van der Waals surface area contributed by atoms with E-state index in [1.54, 1.807) is 19.1 Å². The first-order valence-corrected chi connectivity index (χ1v) is 9.92. The van der Waals surface area contributed by atoms with Gasteiger partial charge in [0.05, 0.1) is 19.3 Å². The molecule has 0 unspecified atom stereocenters. The molecule has 1 aliphatic rings. The van der Waals surface area contributed by atoms with E-state index >= 15 is 0 Å². The lowest BCUT2D eigenvalue weighted by Gasteiger charge is -2.34. The zero-order valence-corrected chi connectivity index (χ0v) is 16.9. The molecule has 0 spiro atoms. The topological polar surface area (TPSA) is 55.3 Å². The summed E-state index contributed by atoms with van der Waals surface area (Å²) in [4.78, 5) is 6.95. The first-order chi connectivity index (χ1) is 13.6. The van der Waals surface area contributed by atoms with Gasteiger partial charge in [-0.25, -0.2) is 4.99 Å². The van der Waals surface area contributed by atoms with Gasteiger partial charge in [-0.1, -0.05) is 6.07 Å². The molecular formula is C20H31F2N3O3. The number of guanidine groups is 1. The number of nitrogens with zero attached hydrogens (tertiary/aromatic N) is 2. The van der Waals surface area contributed by atoms with E-state index in [0.29, 0.717) is 25.0 Å². The van der Waals surface area contributed by atoms with Crippen molar-refractivity contribution in [1.82, 2.24) is 10.2 Å². The molecule has 0 radical (unpaired) electrons. The predicted octanol–water partition coefficient (Wildman–Crippen LogP) is 3.65. The number of alkyl halides is 2. The van der Waals surface area contributed by atoms with Crippen LogP contribution in [-0.4, -0.2) is 56.4 Å². The summed E-state index contributed by atoms with van der Waals surface area (Å²) >= 11 is 0. The molecular weight excluding hydrogens is 368 g/mol. The van der Waals surface area contributed by atoms with Crippen LogP contribution < -0.4 is 14.8 Å². The molecule has 1 N–H and O–H groups in total. The fraction of sp³-hybridized carbons (Fsp3) is 0.650. The van der Waals surface area contributed by atoms with E-state index in [1.807, 2.05) is 13.8 Å². The molecule has 0 atom stereocenters. The second-order valence-corrected chi connectivity index (χ2v) is 6.40. The number of hydrogen-bond acceptors (Lipinski definition) is 4. The van der Waals surface area contributed by atoms with E-state index in [4.69, 9.17) is 14.5 Å². The molecule has 1 saturated heterocycles. The molecule has 0 aromatic heterocycles. The quantitative estimate of drug-likeness (QED) is 0.507. The molecule has 1 fully saturated rings. The first kappa shape index (κ1) is 22.2. The van der Waals surface area contributed by atoms with Crippen LogP contribution in [0.1, 0.15) is 39.2 Å². The SMILES string of the molecule is CCNC(=NCc1ccc(OC(F)F)c(OCC)c1)N1CCC(OCC)CC1. The fourth-order valence-electron chi connectivity index (χ4n) is 3.17. The Labute approximate surface area is 165 Å². The van der Waals surface area contributed by atoms with Gasteiger partial charge in [-0.2, -0.15) is 8.78 Å². The molecule has 0 bridgehead atoms. The van der Waals surface area contributed by atoms with Gasteiger partial charge in [-0.15, -0.1) is 0 Å². The second-order valence-electron chi connectivity index (χ2n) is 6.40. The third-order valence-corrected chi connectivity index (χ3v) is 4.41. The monoisotopic (exact) mass is 399 g/mol. The maximum atomic E-state index is 12.5. The zero-order valence-electron chi connectivity index (χ0n) is 16.9. The Kier molecular flexibility index (Phi) is 9.27. The number of rotatable bonds is 9. The molecule has 1 aromatic rings. The highest BCUT2D eigenvalue weighted by molar-refractivity contribution is 5.80. The summed E-state index contributed by atoms with van der Waals surface area (Å²) in [5, 5.41) is 3.33. The maximum Gasteiger partial charge on any atom is 0.387 e. The zero-order chi connectivity index (χ0) is 20.4. The highest BCUT2D eigenvalue weighted by Gasteiger charge is 2.21. The minimum atomic E-state index is -2.89. The summed E-state index contributed by atoms with van der Waals surface area (Å²) in [5.41, 5.74) is 0.865. The predicted molar refractivity (Wildman–Crippen MR) is 105 cm³/mol. The van der Waals surface area contributed by atoms with Crippen molar-refractivity contribution in [2.24, 2.45) is 4.99 Å². The van der Waals surface area contributed by atoms with Crippen LogP contribution in [0.4, 0.5) is 8.78 Å². The van der Waals surface area contributed by atoms with Crippen LogP contribution in [-0.2, 0) is 11.3 Å². The molecule has 1 aliphatic heterocycles. The van der Waals surface area contributed by atoms with Crippen molar-refractivity contribution >= 4 is 5.96 Å². The van der Waals surface area contributed by atoms with Gasteiger partial charge < -0.3 is 24.4 Å². The van der Waals surface area contributed by atoms with E-state index in [2.05, 4.69) is 15.0 Å². The van der Waals surface area contributed by atoms with E-state index in [1.165, 1.54) is 6.07 Å². The average molecular weight is 399 g/mol. The van der Waals surface area contributed by atoms with Crippen LogP contribution in [0, 0.1) is 0 Å². The molecule has 1 aromatic carbocycles. The van der Waals surface area contributed by atoms with Crippen molar-refractivity contribution in [3.05, 3.63) is 23.8 Å². The highest BCUT2D eigenvalue weighted by atomic mass is 19.3. The molecule has 0 saturated carbocycles. The molecule has 6 nitrogen and oxygen atoms in total. The van der Waals surface area contributed by atoms with E-state index < -0.39 is 6.61 Å². The lowest BCUT2D eigenvalue weighted by Crippen LogP contribution is -2.47. The number of likely N-dealkylation sites (tertiary alicyclic amines) is 1. The van der Waals surface area contributed by atoms with Crippen molar-refractivity contribution in [2.45, 2.75) is 52.9 Å². The molecule has 0 aliphatic carbocycles. The molecule has 1 heterocycles. The van der Waals surface area contributed by atoms with E-state index in [0.717, 1.165) is 50.6 Å². The standard InChI is InChI=1S/C20H31F2N3O3/c1-4-23-20(25-11-9-16(10-12-25)26-5-2)24-14-15-7-8-17(28-19(21)22)18(13-15)27-6-3/h7-8,13,16,19H,4-6,9-12,14H2,1-3H3,(H,23,24). The normalized spacial score (nSPS) is 15.8. The van der Waals surface area contributed by atoms with Gasteiger partial charge >= 0.3 is 6.61 Å². The van der Waals surface area contributed by atoms with Crippen LogP contribution >= 0.6 is 0 Å². The number of benzene rings is 1. The van der Waals surface area contributed by atoms with Crippen LogP contribution in [0.15, 0.2) is 23.2 Å². The largest absolute Gasteiger partial charge is 0.490 e. The van der Waals surface area contributed by atoms with Crippen molar-refractivity contribution in [3.63, 3.8) is 0 Å². The third-order valence-electron chi connectivity index (χ3n) is 4.41. The minimum absolute atomic E-state index is 0.0366. The van der Waals surface area contributed by atoms with Gasteiger partial charge in [0.15, 0.2) is 17.5 Å². The van der Waals surface area contributed by atoms with Gasteiger partial charge in [0.2, 0.25) is 0 Å². The lowest BCUT2D eigenvalue weighted by atomic mass is 10.1. The Hall–Kier alpha value is -2.09. The van der Waals surface area contributed by atoms with Crippen LogP contribution in [0.25, 0.3) is 0 Å². The Bertz CT molecular complexity index is 621. The Morgan fingerprint density at radius 3 is 2.54 bits per heavy atom. The Morgan fingerprint density at radius 2 is 1.93 bits per heavy atom. The average Bonchev–Trinajstić information content (AvgIpc) is 2.68. The number of aliphatic imine (C=N–C) groups is 1. The van der Waals surface area contributed by atoms with Crippen molar-refractivity contribution in [3.8, 4) is 11.5 Å². The fourth-order valence-corrected chi connectivity index (χ4v) is 3.17. The molecule has 8 heteroatoms. The summed E-state index contributed by atoms with van der Waals surface area (Å²) in [6.07, 6.45) is 2.28. The lowest BCUT2D eigenvalue weighted by molar-refractivity contribution is -0.0514. The molecule has 2 rings (SSSR count). The van der Waals surface area contributed by atoms with Gasteiger partial charge in [-0.05, 0) is 51.3 Å². The second kappa shape index (κ2) is 11.7. The van der Waals surface area contributed by atoms with E-state index in [9.17, 15) is 8.78 Å². The number of hydrogen-bond donors (Lipinski definition) is 1. The summed E-state index contributed by atoms with van der Waals surface area (Å²) < 4.78 is 40.7. The van der Waals surface area contributed by atoms with Crippen molar-refractivity contribution < 1.29 is 23.0 Å². The minimum Gasteiger partial charge on any atom is -0.490 e. The number of ether oxygens (including phenoxy) is 3. The Morgan fingerprint density at radius 1 is 1.18 bits per heavy atom. The smallest absolute Gasteiger partial charge is 0.387 e. The number of nitrogens with one attached hydrogen (secondary N) is 1. The highest BCUT2D eigenvalue weighted by Crippen LogP contribution is 2.30. The van der Waals surface area contributed by atoms with E-state index in [-0.39, 0.29) is 5.75 Å². The van der Waals surface area contributed by atoms with Crippen LogP contribution in [0.3, 0.4) is 0 Å². The van der Waals surface area contributed by atoms with Gasteiger partial charge in [0.25, 0.3) is 0 Å². The number of halogens is 2. The van der Waals surface area contributed by atoms with Crippen molar-refractivity contribution in [2.75, 3.05) is 32.8 Å². The summed E-state index contributed by atoms with van der Waals surface area (Å²) in [6.45, 7) is 7.05. The first-order valence-electron chi connectivity index (χ1n) is 9.92. The third kappa shape index (κ3) is 6.82. The molecule has 158 valence electrons. The Balaban J connectivity index is 2.06. The van der Waals surface area contributed by atoms with Gasteiger partial charge in [-0.3, -0.25) is 0 Å². The van der Waals surface area contributed by atoms with Crippen LogP contribution in [0.2, 0.25) is 0 Å². The van der Waals surface area contributed by atoms with Gasteiger partial charge in [0.1, 0.15) is 0 Å². The maximum absolute atomic E-state index is 12.5.